The van der Waals surface area contributed by atoms with E-state index in [1.807, 2.05) is 60.7 Å². The number of carbonyl (C=O) groups is 1. The molecule has 0 aliphatic rings. The highest BCUT2D eigenvalue weighted by molar-refractivity contribution is 5.35. The topological polar surface area (TPSA) is 33.6 Å². The molecular weight excluding hydrogens is 226 g/mol. The van der Waals surface area contributed by atoms with Crippen LogP contribution in [0.5, 0.6) is 0 Å². The smallest absolute Gasteiger partial charge is 0.0908 e. The minimum absolute atomic E-state index is 0.501. The molecule has 0 spiro atoms. The van der Waals surface area contributed by atoms with Crippen molar-refractivity contribution in [2.24, 2.45) is 0 Å². The molecule has 2 aromatic carbocycles. The van der Waals surface area contributed by atoms with E-state index in [0.717, 1.165) is 16.2 Å². The highest BCUT2D eigenvalue weighted by Crippen LogP contribution is 1.98. The predicted molar refractivity (Wildman–Crippen MR) is 68.4 cm³/mol. The van der Waals surface area contributed by atoms with Crippen LogP contribution in [0.3, 0.4) is 0 Å². The van der Waals surface area contributed by atoms with E-state index in [4.69, 9.17) is 4.84 Å². The van der Waals surface area contributed by atoms with Crippen molar-refractivity contribution >= 4 is 6.47 Å². The number of quaternary nitrogens is 1. The van der Waals surface area contributed by atoms with Gasteiger partial charge in [0.15, 0.2) is 13.1 Å². The van der Waals surface area contributed by atoms with Gasteiger partial charge in [0, 0.05) is 11.1 Å². The number of hydroxylamine groups is 2. The Morgan fingerprint density at radius 2 is 1.28 bits per heavy atom. The number of benzene rings is 2. The predicted octanol–water partition coefficient (Wildman–Crippen LogP) is 1.36. The molecule has 0 saturated carbocycles. The number of nitrogens with one attached hydrogen (secondary N) is 1. The van der Waals surface area contributed by atoms with Crippen LogP contribution in [0.4, 0.5) is 0 Å². The van der Waals surface area contributed by atoms with Gasteiger partial charge in [0.25, 0.3) is 0 Å². The Kier molecular flexibility index (Phi) is 4.50. The zero-order chi connectivity index (χ0) is 12.6. The van der Waals surface area contributed by atoms with Crippen LogP contribution in [0.2, 0.25) is 0 Å². The normalized spacial score (nSPS) is 10.3. The van der Waals surface area contributed by atoms with Gasteiger partial charge in [-0.2, -0.15) is 0 Å². The lowest BCUT2D eigenvalue weighted by Crippen LogP contribution is -3.08. The van der Waals surface area contributed by atoms with Gasteiger partial charge in [-0.25, -0.2) is 0 Å². The Hall–Kier alpha value is -2.13. The van der Waals surface area contributed by atoms with Gasteiger partial charge >= 0.3 is 6.47 Å². The summed E-state index contributed by atoms with van der Waals surface area (Å²) >= 11 is 0. The quantitative estimate of drug-likeness (QED) is 0.471. The van der Waals surface area contributed by atoms with Gasteiger partial charge in [-0.1, -0.05) is 70.6 Å². The molecule has 0 unspecified atom stereocenters. The van der Waals surface area contributed by atoms with Gasteiger partial charge in [-0.3, -0.25) is 0 Å². The van der Waals surface area contributed by atoms with Crippen LogP contribution in [0, 0.1) is 0 Å². The van der Waals surface area contributed by atoms with Crippen molar-refractivity contribution in [2.45, 2.75) is 13.1 Å². The first kappa shape index (κ1) is 12.3. The van der Waals surface area contributed by atoms with Crippen LogP contribution in [0.1, 0.15) is 11.1 Å². The van der Waals surface area contributed by atoms with Crippen LogP contribution in [-0.2, 0) is 22.7 Å². The SMILES string of the molecule is [O+]=CO[NH+](Cc1ccccc1)Cc1ccccc1. The van der Waals surface area contributed by atoms with Gasteiger partial charge in [0.1, 0.15) is 0 Å². The van der Waals surface area contributed by atoms with E-state index in [1.165, 1.54) is 0 Å². The minimum atomic E-state index is 0.501. The fourth-order valence-electron chi connectivity index (χ4n) is 1.86. The van der Waals surface area contributed by atoms with E-state index in [2.05, 4.69) is 0 Å². The molecule has 3 nitrogen and oxygen atoms in total. The summed E-state index contributed by atoms with van der Waals surface area (Å²) in [6.45, 7) is 1.82. The van der Waals surface area contributed by atoms with Crippen LogP contribution >= 0.6 is 0 Å². The molecule has 0 aliphatic heterocycles. The summed E-state index contributed by atoms with van der Waals surface area (Å²) in [6.07, 6.45) is 0. The first-order chi connectivity index (χ1) is 8.88. The summed E-state index contributed by atoms with van der Waals surface area (Å²) in [7, 11) is 0. The van der Waals surface area contributed by atoms with Crippen LogP contribution in [0.25, 0.3) is 0 Å². The molecule has 0 aliphatic carbocycles. The second-order valence-electron chi connectivity index (χ2n) is 4.08. The lowest BCUT2D eigenvalue weighted by atomic mass is 10.2. The Balaban J connectivity index is 2.02. The molecule has 0 heterocycles. The second kappa shape index (κ2) is 6.57. The Bertz CT molecular complexity index is 429. The van der Waals surface area contributed by atoms with Crippen LogP contribution in [0.15, 0.2) is 60.7 Å². The molecule has 0 aromatic heterocycles. The van der Waals surface area contributed by atoms with Crippen molar-refractivity contribution in [2.75, 3.05) is 0 Å². The molecule has 3 heteroatoms. The average molecular weight is 242 g/mol. The van der Waals surface area contributed by atoms with Gasteiger partial charge in [0.05, 0.1) is 4.79 Å². The number of hydrogen-bond donors (Lipinski definition) is 1. The van der Waals surface area contributed by atoms with Crippen molar-refractivity contribution in [3.63, 3.8) is 0 Å². The zero-order valence-electron chi connectivity index (χ0n) is 10.1. The summed E-state index contributed by atoms with van der Waals surface area (Å²) in [4.78, 5) is 15.6. The summed E-state index contributed by atoms with van der Waals surface area (Å²) in [6, 6.07) is 20.0. The maximum Gasteiger partial charge on any atom is 0.629 e. The fraction of sp³-hybridized carbons (Fsp3) is 0.133. The van der Waals surface area contributed by atoms with Gasteiger partial charge < -0.3 is 0 Å². The monoisotopic (exact) mass is 242 g/mol. The van der Waals surface area contributed by atoms with Crippen LogP contribution < -0.4 is 5.06 Å². The van der Waals surface area contributed by atoms with E-state index < -0.39 is 0 Å². The average Bonchev–Trinajstić information content (AvgIpc) is 2.41. The van der Waals surface area contributed by atoms with Crippen molar-refractivity contribution in [3.05, 3.63) is 71.8 Å². The molecule has 1 radical (unpaired) electrons. The summed E-state index contributed by atoms with van der Waals surface area (Å²) in [5, 5.41) is 0.766. The molecule has 2 aromatic rings. The third-order valence-corrected chi connectivity index (χ3v) is 2.70. The lowest BCUT2D eigenvalue weighted by molar-refractivity contribution is -1.10. The largest absolute Gasteiger partial charge is 0.629 e. The van der Waals surface area contributed by atoms with E-state index in [-0.39, 0.29) is 0 Å². The van der Waals surface area contributed by atoms with E-state index in [1.54, 1.807) is 0 Å². The van der Waals surface area contributed by atoms with Crippen molar-refractivity contribution in [3.8, 4) is 0 Å². The maximum atomic E-state index is 10.6. The molecule has 0 amide bonds. The van der Waals surface area contributed by atoms with Crippen molar-refractivity contribution in [1.29, 1.82) is 0 Å². The first-order valence-corrected chi connectivity index (χ1v) is 5.91. The second-order valence-corrected chi connectivity index (χ2v) is 4.08. The summed E-state index contributed by atoms with van der Waals surface area (Å²) < 4.78 is 0. The summed E-state index contributed by atoms with van der Waals surface area (Å²) in [5.74, 6) is 0. The molecule has 0 bridgehead atoms. The van der Waals surface area contributed by atoms with Crippen LogP contribution in [-0.4, -0.2) is 6.47 Å². The Labute approximate surface area is 107 Å². The highest BCUT2D eigenvalue weighted by atomic mass is 16.7. The van der Waals surface area contributed by atoms with Gasteiger partial charge in [-0.15, -0.1) is 0 Å². The van der Waals surface area contributed by atoms with Gasteiger partial charge in [-0.05, 0) is 0 Å². The summed E-state index contributed by atoms with van der Waals surface area (Å²) in [5.41, 5.74) is 2.29. The first-order valence-electron chi connectivity index (χ1n) is 5.91. The molecule has 0 fully saturated rings. The Morgan fingerprint density at radius 3 is 1.67 bits per heavy atom. The number of carbonyl (C=O) groups excluding carboxylic acids is 1. The molecule has 0 saturated heterocycles. The number of rotatable bonds is 6. The van der Waals surface area contributed by atoms with E-state index >= 15 is 0 Å². The minimum Gasteiger partial charge on any atom is -0.0908 e. The lowest BCUT2D eigenvalue weighted by Gasteiger charge is -2.08. The standard InChI is InChI=1S/C15H15NO2/c17-13-18-16(11-14-7-3-1-4-8-14)12-15-9-5-2-6-10-15/h1-10,13H,11-12H2/q+1/p+1. The molecule has 18 heavy (non-hydrogen) atoms. The van der Waals surface area contributed by atoms with Crippen molar-refractivity contribution < 1.29 is 14.7 Å². The molecular formula is C15H16NO2+2. The molecule has 91 valence electrons. The zero-order valence-corrected chi connectivity index (χ0v) is 10.1. The molecule has 0 atom stereocenters. The highest BCUT2D eigenvalue weighted by Gasteiger charge is 2.17. The Morgan fingerprint density at radius 1 is 0.833 bits per heavy atom. The molecule has 2 rings (SSSR count). The fourth-order valence-corrected chi connectivity index (χ4v) is 1.86. The third-order valence-electron chi connectivity index (χ3n) is 2.70. The van der Waals surface area contributed by atoms with E-state index in [9.17, 15) is 4.79 Å². The van der Waals surface area contributed by atoms with Crippen molar-refractivity contribution in [1.82, 2.24) is 0 Å². The third kappa shape index (κ3) is 3.71. The number of hydrogen-bond acceptors (Lipinski definition) is 2. The van der Waals surface area contributed by atoms with Gasteiger partial charge in [0.2, 0.25) is 0 Å². The van der Waals surface area contributed by atoms with E-state index in [0.29, 0.717) is 19.6 Å². The molecule has 1 N–H and O–H groups in total. The maximum absolute atomic E-state index is 10.6.